The second kappa shape index (κ2) is 7.22. The number of carbonyl (C=O) groups excluding carboxylic acids is 2. The van der Waals surface area contributed by atoms with Crippen LogP contribution in [0.1, 0.15) is 39.2 Å². The Morgan fingerprint density at radius 1 is 1.00 bits per heavy atom. The van der Waals surface area contributed by atoms with Crippen LogP contribution in [0.3, 0.4) is 0 Å². The van der Waals surface area contributed by atoms with E-state index in [1.807, 2.05) is 31.2 Å². The van der Waals surface area contributed by atoms with Crippen LogP contribution in [0.25, 0.3) is 0 Å². The fraction of sp³-hybridized carbons (Fsp3) is 0.176. The molecule has 0 aliphatic rings. The monoisotopic (exact) mass is 361 g/mol. The second-order valence-corrected chi connectivity index (χ2v) is 5.73. The van der Waals surface area contributed by atoms with Crippen molar-refractivity contribution >= 4 is 27.8 Å². The lowest BCUT2D eigenvalue weighted by Gasteiger charge is -2.14. The van der Waals surface area contributed by atoms with Crippen LogP contribution in [0.5, 0.6) is 0 Å². The number of hydrogen-bond donors (Lipinski definition) is 1. The van der Waals surface area contributed by atoms with E-state index in [9.17, 15) is 9.59 Å². The maximum atomic E-state index is 12.2. The van der Waals surface area contributed by atoms with Crippen molar-refractivity contribution in [1.29, 1.82) is 0 Å². The van der Waals surface area contributed by atoms with Gasteiger partial charge >= 0.3 is 5.97 Å². The van der Waals surface area contributed by atoms with Crippen LogP contribution in [0, 0.1) is 0 Å². The number of amides is 1. The number of esters is 1. The Hall–Kier alpha value is -2.14. The van der Waals surface area contributed by atoms with Gasteiger partial charge in [0.1, 0.15) is 0 Å². The maximum Gasteiger partial charge on any atom is 0.337 e. The fourth-order valence-electron chi connectivity index (χ4n) is 1.99. The molecule has 1 atom stereocenters. The molecule has 0 aromatic heterocycles. The fourth-order valence-corrected chi connectivity index (χ4v) is 2.25. The first-order valence-electron chi connectivity index (χ1n) is 6.76. The van der Waals surface area contributed by atoms with E-state index >= 15 is 0 Å². The Balaban J connectivity index is 2.05. The van der Waals surface area contributed by atoms with Crippen molar-refractivity contribution in [2.45, 2.75) is 13.0 Å². The summed E-state index contributed by atoms with van der Waals surface area (Å²) in [6.07, 6.45) is 0. The molecule has 114 valence electrons. The summed E-state index contributed by atoms with van der Waals surface area (Å²) in [5.74, 6) is -0.609. The van der Waals surface area contributed by atoms with E-state index in [1.54, 1.807) is 24.3 Å². The molecular weight excluding hydrogens is 346 g/mol. The van der Waals surface area contributed by atoms with Crippen molar-refractivity contribution < 1.29 is 14.3 Å². The lowest BCUT2D eigenvalue weighted by molar-refractivity contribution is 0.0600. The number of methoxy groups -OCH3 is 1. The topological polar surface area (TPSA) is 55.4 Å². The normalized spacial score (nSPS) is 11.6. The average molecular weight is 362 g/mol. The second-order valence-electron chi connectivity index (χ2n) is 4.82. The Bertz CT molecular complexity index is 665. The van der Waals surface area contributed by atoms with Crippen LogP contribution < -0.4 is 5.32 Å². The van der Waals surface area contributed by atoms with Gasteiger partial charge in [0, 0.05) is 10.0 Å². The van der Waals surface area contributed by atoms with Crippen molar-refractivity contribution in [3.8, 4) is 0 Å². The van der Waals surface area contributed by atoms with Crippen molar-refractivity contribution in [2.75, 3.05) is 7.11 Å². The lowest BCUT2D eigenvalue weighted by atomic mass is 10.1. The zero-order valence-electron chi connectivity index (χ0n) is 12.3. The first-order chi connectivity index (χ1) is 10.5. The molecule has 0 bridgehead atoms. The highest BCUT2D eigenvalue weighted by molar-refractivity contribution is 9.10. The van der Waals surface area contributed by atoms with Crippen molar-refractivity contribution in [3.63, 3.8) is 0 Å². The molecule has 0 aliphatic heterocycles. The van der Waals surface area contributed by atoms with Crippen LogP contribution in [0.2, 0.25) is 0 Å². The standard InChI is InChI=1S/C17H16BrNO3/c1-11(12-7-9-15(18)10-8-12)19-16(20)13-3-5-14(6-4-13)17(21)22-2/h3-11H,1-2H3,(H,19,20). The molecule has 2 aromatic carbocycles. The predicted molar refractivity (Wildman–Crippen MR) is 87.8 cm³/mol. The first-order valence-corrected chi connectivity index (χ1v) is 7.55. The summed E-state index contributed by atoms with van der Waals surface area (Å²) < 4.78 is 5.62. The number of ether oxygens (including phenoxy) is 1. The minimum atomic E-state index is -0.421. The Morgan fingerprint density at radius 3 is 2.09 bits per heavy atom. The molecule has 0 heterocycles. The van der Waals surface area contributed by atoms with Gasteiger partial charge in [-0.1, -0.05) is 28.1 Å². The molecule has 1 unspecified atom stereocenters. The van der Waals surface area contributed by atoms with Crippen molar-refractivity contribution in [3.05, 3.63) is 69.7 Å². The van der Waals surface area contributed by atoms with Crippen LogP contribution in [-0.4, -0.2) is 19.0 Å². The van der Waals surface area contributed by atoms with Crippen LogP contribution in [0.15, 0.2) is 53.0 Å². The highest BCUT2D eigenvalue weighted by Crippen LogP contribution is 2.17. The highest BCUT2D eigenvalue weighted by atomic mass is 79.9. The molecule has 0 spiro atoms. The van der Waals surface area contributed by atoms with Gasteiger partial charge in [-0.05, 0) is 48.9 Å². The minimum Gasteiger partial charge on any atom is -0.465 e. The van der Waals surface area contributed by atoms with Gasteiger partial charge in [-0.25, -0.2) is 4.79 Å². The van der Waals surface area contributed by atoms with Gasteiger partial charge in [-0.15, -0.1) is 0 Å². The van der Waals surface area contributed by atoms with E-state index < -0.39 is 5.97 Å². The number of carbonyl (C=O) groups is 2. The SMILES string of the molecule is COC(=O)c1ccc(C(=O)NC(C)c2ccc(Br)cc2)cc1. The van der Waals surface area contributed by atoms with E-state index in [-0.39, 0.29) is 11.9 Å². The van der Waals surface area contributed by atoms with Crippen LogP contribution in [0.4, 0.5) is 0 Å². The molecule has 0 radical (unpaired) electrons. The Labute approximate surface area is 137 Å². The summed E-state index contributed by atoms with van der Waals surface area (Å²) in [5, 5.41) is 2.92. The third-order valence-electron chi connectivity index (χ3n) is 3.29. The molecule has 4 nitrogen and oxygen atoms in total. The summed E-state index contributed by atoms with van der Waals surface area (Å²) in [5.41, 5.74) is 1.93. The summed E-state index contributed by atoms with van der Waals surface area (Å²) in [7, 11) is 1.32. The summed E-state index contributed by atoms with van der Waals surface area (Å²) in [6.45, 7) is 1.92. The molecule has 0 saturated carbocycles. The predicted octanol–water partition coefficient (Wildman–Crippen LogP) is 3.73. The summed E-state index contributed by atoms with van der Waals surface area (Å²) in [4.78, 5) is 23.6. The van der Waals surface area contributed by atoms with Gasteiger partial charge in [-0.2, -0.15) is 0 Å². The molecule has 0 saturated heterocycles. The number of halogens is 1. The zero-order chi connectivity index (χ0) is 16.1. The van der Waals surface area contributed by atoms with Gasteiger partial charge < -0.3 is 10.1 Å². The number of hydrogen-bond acceptors (Lipinski definition) is 3. The van der Waals surface area contributed by atoms with Crippen molar-refractivity contribution in [1.82, 2.24) is 5.32 Å². The van der Waals surface area contributed by atoms with E-state index in [0.29, 0.717) is 11.1 Å². The smallest absolute Gasteiger partial charge is 0.337 e. The van der Waals surface area contributed by atoms with E-state index in [4.69, 9.17) is 0 Å². The van der Waals surface area contributed by atoms with Crippen LogP contribution in [-0.2, 0) is 4.74 Å². The quantitative estimate of drug-likeness (QED) is 0.844. The van der Waals surface area contributed by atoms with E-state index in [1.165, 1.54) is 7.11 Å². The molecule has 1 N–H and O–H groups in total. The van der Waals surface area contributed by atoms with E-state index in [2.05, 4.69) is 26.0 Å². The third kappa shape index (κ3) is 3.95. The molecule has 2 rings (SSSR count). The molecule has 5 heteroatoms. The highest BCUT2D eigenvalue weighted by Gasteiger charge is 2.12. The molecule has 22 heavy (non-hydrogen) atoms. The average Bonchev–Trinajstić information content (AvgIpc) is 2.54. The summed E-state index contributed by atoms with van der Waals surface area (Å²) in [6, 6.07) is 14.0. The van der Waals surface area contributed by atoms with Gasteiger partial charge in [0.2, 0.25) is 0 Å². The zero-order valence-corrected chi connectivity index (χ0v) is 13.9. The number of benzene rings is 2. The first kappa shape index (κ1) is 16.2. The molecule has 2 aromatic rings. The minimum absolute atomic E-state index is 0.110. The van der Waals surface area contributed by atoms with Crippen molar-refractivity contribution in [2.24, 2.45) is 0 Å². The molecule has 1 amide bonds. The van der Waals surface area contributed by atoms with Gasteiger partial charge in [-0.3, -0.25) is 4.79 Å². The Kier molecular flexibility index (Phi) is 5.33. The largest absolute Gasteiger partial charge is 0.465 e. The molecule has 0 aliphatic carbocycles. The van der Waals surface area contributed by atoms with E-state index in [0.717, 1.165) is 10.0 Å². The van der Waals surface area contributed by atoms with Crippen LogP contribution >= 0.6 is 15.9 Å². The maximum absolute atomic E-state index is 12.2. The van der Waals surface area contributed by atoms with Gasteiger partial charge in [0.25, 0.3) is 5.91 Å². The third-order valence-corrected chi connectivity index (χ3v) is 3.81. The number of rotatable bonds is 4. The van der Waals surface area contributed by atoms with Gasteiger partial charge in [0.05, 0.1) is 18.7 Å². The van der Waals surface area contributed by atoms with Gasteiger partial charge in [0.15, 0.2) is 0 Å². The number of nitrogens with one attached hydrogen (secondary N) is 1. The molecular formula is C17H16BrNO3. The summed E-state index contributed by atoms with van der Waals surface area (Å²) >= 11 is 3.38. The molecule has 0 fully saturated rings. The lowest BCUT2D eigenvalue weighted by Crippen LogP contribution is -2.26. The Morgan fingerprint density at radius 2 is 1.55 bits per heavy atom.